The Kier molecular flexibility index (Phi) is 4.28. The van der Waals surface area contributed by atoms with Gasteiger partial charge in [-0.3, -0.25) is 4.79 Å². The van der Waals surface area contributed by atoms with Gasteiger partial charge in [-0.1, -0.05) is 19.1 Å². The molecule has 1 rings (SSSR count). The monoisotopic (exact) mass is 258 g/mol. The second-order valence-electron chi connectivity index (χ2n) is 4.51. The van der Waals surface area contributed by atoms with Gasteiger partial charge in [0, 0.05) is 13.1 Å². The van der Waals surface area contributed by atoms with E-state index in [-0.39, 0.29) is 10.9 Å². The van der Waals surface area contributed by atoms with Crippen LogP contribution in [0.4, 0.5) is 4.79 Å². The van der Waals surface area contributed by atoms with Gasteiger partial charge in [-0.2, -0.15) is 0 Å². The van der Waals surface area contributed by atoms with Crippen molar-refractivity contribution in [3.63, 3.8) is 0 Å². The number of amides is 3. The van der Waals surface area contributed by atoms with Gasteiger partial charge in [0.1, 0.15) is 0 Å². The fraction of sp³-hybridized carbons (Fsp3) is 0.700. The molecule has 0 atom stereocenters. The molecular weight excluding hydrogens is 240 g/mol. The summed E-state index contributed by atoms with van der Waals surface area (Å²) in [5.41, 5.74) is 9.83. The minimum absolute atomic E-state index is 0.158. The molecular formula is C10H18N4O2S. The van der Waals surface area contributed by atoms with Gasteiger partial charge in [0.05, 0.1) is 10.4 Å². The van der Waals surface area contributed by atoms with Gasteiger partial charge in [-0.15, -0.1) is 0 Å². The maximum Gasteiger partial charge on any atom is 0.312 e. The van der Waals surface area contributed by atoms with Crippen LogP contribution >= 0.6 is 12.2 Å². The lowest BCUT2D eigenvalue weighted by Crippen LogP contribution is -2.56. The smallest absolute Gasteiger partial charge is 0.312 e. The van der Waals surface area contributed by atoms with Crippen molar-refractivity contribution in [1.82, 2.24) is 10.6 Å². The molecule has 0 aromatic heterocycles. The SMILES string of the molecule is CC1CC(C(=O)NCCNC(N)=O)(C(N)=S)C1. The second kappa shape index (κ2) is 5.31. The van der Waals surface area contributed by atoms with E-state index in [1.54, 1.807) is 0 Å². The topological polar surface area (TPSA) is 110 Å². The van der Waals surface area contributed by atoms with E-state index in [0.717, 1.165) is 0 Å². The predicted octanol–water partition coefficient (Wildman–Crippen LogP) is -0.527. The highest BCUT2D eigenvalue weighted by Crippen LogP contribution is 2.45. The Morgan fingerprint density at radius 1 is 1.29 bits per heavy atom. The summed E-state index contributed by atoms with van der Waals surface area (Å²) in [6.45, 7) is 2.67. The van der Waals surface area contributed by atoms with Crippen molar-refractivity contribution in [3.8, 4) is 0 Å². The Bertz CT molecular complexity index is 339. The second-order valence-corrected chi connectivity index (χ2v) is 4.95. The van der Waals surface area contributed by atoms with Crippen molar-refractivity contribution in [1.29, 1.82) is 0 Å². The average molecular weight is 258 g/mol. The molecule has 17 heavy (non-hydrogen) atoms. The first kappa shape index (κ1) is 13.7. The number of rotatable bonds is 5. The summed E-state index contributed by atoms with van der Waals surface area (Å²) in [4.78, 5) is 22.6. The number of nitrogens with one attached hydrogen (secondary N) is 2. The van der Waals surface area contributed by atoms with Crippen molar-refractivity contribution in [2.24, 2.45) is 22.8 Å². The van der Waals surface area contributed by atoms with E-state index < -0.39 is 11.4 Å². The summed E-state index contributed by atoms with van der Waals surface area (Å²) in [6, 6.07) is -0.611. The molecule has 6 nitrogen and oxygen atoms in total. The maximum atomic E-state index is 12.0. The van der Waals surface area contributed by atoms with Crippen LogP contribution in [-0.2, 0) is 4.79 Å². The molecule has 0 aliphatic heterocycles. The molecule has 7 heteroatoms. The number of carbonyl (C=O) groups excluding carboxylic acids is 2. The Labute approximate surface area is 105 Å². The first-order valence-electron chi connectivity index (χ1n) is 5.50. The minimum atomic E-state index is -0.693. The largest absolute Gasteiger partial charge is 0.392 e. The molecule has 0 unspecified atom stereocenters. The highest BCUT2D eigenvalue weighted by molar-refractivity contribution is 7.80. The van der Waals surface area contributed by atoms with Gasteiger partial charge < -0.3 is 22.1 Å². The lowest BCUT2D eigenvalue weighted by atomic mass is 9.62. The molecule has 0 aromatic rings. The molecule has 0 aromatic carbocycles. The number of nitrogens with two attached hydrogens (primary N) is 2. The van der Waals surface area contributed by atoms with Gasteiger partial charge in [-0.05, 0) is 18.8 Å². The van der Waals surface area contributed by atoms with Gasteiger partial charge in [-0.25, -0.2) is 4.79 Å². The third-order valence-corrected chi connectivity index (χ3v) is 3.40. The van der Waals surface area contributed by atoms with Crippen LogP contribution in [0.5, 0.6) is 0 Å². The van der Waals surface area contributed by atoms with Crippen LogP contribution in [0.25, 0.3) is 0 Å². The molecule has 0 bridgehead atoms. The predicted molar refractivity (Wildman–Crippen MR) is 68.2 cm³/mol. The first-order chi connectivity index (χ1) is 7.88. The van der Waals surface area contributed by atoms with Crippen LogP contribution in [0.3, 0.4) is 0 Å². The Balaban J connectivity index is 2.40. The lowest BCUT2D eigenvalue weighted by molar-refractivity contribution is -0.132. The highest BCUT2D eigenvalue weighted by atomic mass is 32.1. The molecule has 1 saturated carbocycles. The zero-order valence-corrected chi connectivity index (χ0v) is 10.6. The number of urea groups is 1. The molecule has 3 amide bonds. The Morgan fingerprint density at radius 2 is 1.82 bits per heavy atom. The van der Waals surface area contributed by atoms with E-state index in [1.807, 2.05) is 0 Å². The fourth-order valence-electron chi connectivity index (χ4n) is 2.16. The molecule has 0 saturated heterocycles. The minimum Gasteiger partial charge on any atom is -0.392 e. The Morgan fingerprint density at radius 3 is 2.24 bits per heavy atom. The highest BCUT2D eigenvalue weighted by Gasteiger charge is 2.50. The van der Waals surface area contributed by atoms with Crippen molar-refractivity contribution >= 4 is 29.1 Å². The van der Waals surface area contributed by atoms with Crippen molar-refractivity contribution in [3.05, 3.63) is 0 Å². The summed E-state index contributed by atoms with van der Waals surface area (Å²) >= 11 is 4.96. The molecule has 0 radical (unpaired) electrons. The van der Waals surface area contributed by atoms with Crippen LogP contribution in [0.1, 0.15) is 19.8 Å². The summed E-state index contributed by atoms with van der Waals surface area (Å²) in [6.07, 6.45) is 1.38. The molecule has 0 spiro atoms. The number of primary amides is 1. The van der Waals surface area contributed by atoms with E-state index in [9.17, 15) is 9.59 Å². The number of carbonyl (C=O) groups is 2. The third-order valence-electron chi connectivity index (χ3n) is 3.01. The summed E-state index contributed by atoms with van der Waals surface area (Å²) in [7, 11) is 0. The van der Waals surface area contributed by atoms with Gasteiger partial charge in [0.2, 0.25) is 5.91 Å². The molecule has 6 N–H and O–H groups in total. The number of hydrogen-bond donors (Lipinski definition) is 4. The van der Waals surface area contributed by atoms with Gasteiger partial charge in [0.15, 0.2) is 0 Å². The van der Waals surface area contributed by atoms with Crippen molar-refractivity contribution in [2.75, 3.05) is 13.1 Å². The third kappa shape index (κ3) is 3.06. The van der Waals surface area contributed by atoms with E-state index >= 15 is 0 Å². The van der Waals surface area contributed by atoms with E-state index in [4.69, 9.17) is 23.7 Å². The number of thiocarbonyl (C=S) groups is 1. The van der Waals surface area contributed by atoms with Crippen LogP contribution in [0, 0.1) is 11.3 Å². The molecule has 1 aliphatic carbocycles. The first-order valence-corrected chi connectivity index (χ1v) is 5.91. The molecule has 1 aliphatic rings. The van der Waals surface area contributed by atoms with Crippen molar-refractivity contribution in [2.45, 2.75) is 19.8 Å². The van der Waals surface area contributed by atoms with Crippen LogP contribution < -0.4 is 22.1 Å². The molecule has 1 fully saturated rings. The molecule has 96 valence electrons. The zero-order chi connectivity index (χ0) is 13.1. The van der Waals surface area contributed by atoms with Crippen LogP contribution in [0.2, 0.25) is 0 Å². The average Bonchev–Trinajstić information content (AvgIpc) is 2.18. The summed E-state index contributed by atoms with van der Waals surface area (Å²) in [5, 5.41) is 5.09. The standard InChI is InChI=1S/C10H18N4O2S/c1-6-4-10(5-6,7(11)17)8(15)13-2-3-14-9(12)16/h6H,2-5H2,1H3,(H2,11,17)(H,13,15)(H3,12,14,16). The van der Waals surface area contributed by atoms with E-state index in [1.165, 1.54) is 0 Å². The fourth-order valence-corrected chi connectivity index (χ4v) is 2.42. The van der Waals surface area contributed by atoms with Gasteiger partial charge in [0.25, 0.3) is 0 Å². The summed E-state index contributed by atoms with van der Waals surface area (Å²) in [5.74, 6) is 0.306. The van der Waals surface area contributed by atoms with Crippen molar-refractivity contribution < 1.29 is 9.59 Å². The van der Waals surface area contributed by atoms with Crippen LogP contribution in [0.15, 0.2) is 0 Å². The van der Waals surface area contributed by atoms with E-state index in [2.05, 4.69) is 17.6 Å². The van der Waals surface area contributed by atoms with E-state index in [0.29, 0.717) is 31.8 Å². The maximum absolute atomic E-state index is 12.0. The quantitative estimate of drug-likeness (QED) is 0.392. The Hall–Kier alpha value is -1.37. The van der Waals surface area contributed by atoms with Gasteiger partial charge >= 0.3 is 6.03 Å². The van der Waals surface area contributed by atoms with Crippen LogP contribution in [-0.4, -0.2) is 30.0 Å². The summed E-state index contributed by atoms with van der Waals surface area (Å²) < 4.78 is 0. The normalized spacial score (nSPS) is 26.8. The zero-order valence-electron chi connectivity index (χ0n) is 9.79. The lowest BCUT2D eigenvalue weighted by Gasteiger charge is -2.44. The number of hydrogen-bond acceptors (Lipinski definition) is 3. The molecule has 0 heterocycles.